The molecule has 0 aliphatic carbocycles. The zero-order valence-electron chi connectivity index (χ0n) is 10.9. The van der Waals surface area contributed by atoms with Crippen LogP contribution in [0, 0.1) is 0 Å². The third-order valence-electron chi connectivity index (χ3n) is 3.05. The maximum absolute atomic E-state index is 12.6. The van der Waals surface area contributed by atoms with Crippen LogP contribution in [0.4, 0.5) is 13.2 Å². The average Bonchev–Trinajstić information content (AvgIpc) is 2.46. The topological polar surface area (TPSA) is 17.1 Å². The van der Waals surface area contributed by atoms with Crippen molar-refractivity contribution in [3.05, 3.63) is 70.8 Å². The fourth-order valence-corrected chi connectivity index (χ4v) is 1.94. The van der Waals surface area contributed by atoms with Crippen LogP contribution < -0.4 is 0 Å². The summed E-state index contributed by atoms with van der Waals surface area (Å²) in [5.41, 5.74) is 0.620. The minimum Gasteiger partial charge on any atom is -0.289 e. The molecular weight excluding hydrogens is 265 g/mol. The molecule has 2 rings (SSSR count). The number of rotatable bonds is 3. The normalized spacial score (nSPS) is 11.4. The molecule has 104 valence electrons. The zero-order valence-corrected chi connectivity index (χ0v) is 10.9. The lowest BCUT2D eigenvalue weighted by Gasteiger charge is -2.08. The molecule has 0 saturated carbocycles. The Balaban J connectivity index is 2.38. The van der Waals surface area contributed by atoms with Crippen molar-refractivity contribution in [2.45, 2.75) is 19.5 Å². The van der Waals surface area contributed by atoms with Crippen molar-refractivity contribution in [3.63, 3.8) is 0 Å². The van der Waals surface area contributed by atoms with E-state index in [1.54, 1.807) is 18.2 Å². The molecule has 0 unspecified atom stereocenters. The van der Waals surface area contributed by atoms with Crippen molar-refractivity contribution in [2.75, 3.05) is 0 Å². The van der Waals surface area contributed by atoms with Crippen LogP contribution in [0.2, 0.25) is 0 Å². The van der Waals surface area contributed by atoms with Crippen molar-refractivity contribution in [2.24, 2.45) is 0 Å². The number of carbonyl (C=O) groups is 1. The van der Waals surface area contributed by atoms with Gasteiger partial charge in [0.25, 0.3) is 0 Å². The maximum atomic E-state index is 12.6. The number of benzene rings is 2. The van der Waals surface area contributed by atoms with Gasteiger partial charge in [-0.1, -0.05) is 37.3 Å². The first kappa shape index (κ1) is 14.3. The minimum absolute atomic E-state index is 0.0491. The second-order valence-electron chi connectivity index (χ2n) is 4.46. The fraction of sp³-hybridized carbons (Fsp3) is 0.188. The van der Waals surface area contributed by atoms with Crippen molar-refractivity contribution in [1.29, 1.82) is 0 Å². The van der Waals surface area contributed by atoms with Crippen molar-refractivity contribution < 1.29 is 18.0 Å². The number of halogens is 3. The number of hydrogen-bond acceptors (Lipinski definition) is 1. The molecule has 0 N–H and O–H groups in total. The first-order chi connectivity index (χ1) is 9.41. The van der Waals surface area contributed by atoms with Crippen LogP contribution in [0.15, 0.2) is 48.5 Å². The first-order valence-corrected chi connectivity index (χ1v) is 6.22. The Morgan fingerprint density at radius 1 is 1.00 bits per heavy atom. The molecule has 1 nitrogen and oxygen atoms in total. The highest BCUT2D eigenvalue weighted by Crippen LogP contribution is 2.30. The van der Waals surface area contributed by atoms with Gasteiger partial charge in [0.05, 0.1) is 5.56 Å². The van der Waals surface area contributed by atoms with E-state index in [-0.39, 0.29) is 5.56 Å². The predicted molar refractivity (Wildman–Crippen MR) is 70.7 cm³/mol. The molecule has 0 amide bonds. The highest BCUT2D eigenvalue weighted by molar-refractivity contribution is 6.09. The van der Waals surface area contributed by atoms with E-state index in [1.807, 2.05) is 13.0 Å². The summed E-state index contributed by atoms with van der Waals surface area (Å²) in [7, 11) is 0. The number of ketones is 1. The van der Waals surface area contributed by atoms with Crippen LogP contribution in [0.3, 0.4) is 0 Å². The molecule has 20 heavy (non-hydrogen) atoms. The SMILES string of the molecule is CCc1cccc(C(=O)c2cccc(C(F)(F)F)c2)c1. The minimum atomic E-state index is -4.44. The van der Waals surface area contributed by atoms with Crippen LogP contribution in [0.25, 0.3) is 0 Å². The Bertz CT molecular complexity index is 630. The van der Waals surface area contributed by atoms with E-state index in [0.717, 1.165) is 24.1 Å². The van der Waals surface area contributed by atoms with Gasteiger partial charge in [-0.3, -0.25) is 4.79 Å². The molecule has 0 spiro atoms. The van der Waals surface area contributed by atoms with Gasteiger partial charge < -0.3 is 0 Å². The highest BCUT2D eigenvalue weighted by Gasteiger charge is 2.30. The Morgan fingerprint density at radius 2 is 1.60 bits per heavy atom. The van der Waals surface area contributed by atoms with Crippen LogP contribution >= 0.6 is 0 Å². The number of aryl methyl sites for hydroxylation is 1. The molecule has 0 saturated heterocycles. The molecule has 0 aliphatic heterocycles. The van der Waals surface area contributed by atoms with Crippen LogP contribution in [0.1, 0.15) is 34.0 Å². The van der Waals surface area contributed by atoms with Crippen LogP contribution in [-0.4, -0.2) is 5.78 Å². The van der Waals surface area contributed by atoms with E-state index in [4.69, 9.17) is 0 Å². The summed E-state index contributed by atoms with van der Waals surface area (Å²) in [6.45, 7) is 1.95. The van der Waals surface area contributed by atoms with Gasteiger partial charge in [0.15, 0.2) is 5.78 Å². The van der Waals surface area contributed by atoms with E-state index in [0.29, 0.717) is 5.56 Å². The molecule has 0 radical (unpaired) electrons. The maximum Gasteiger partial charge on any atom is 0.416 e. The highest BCUT2D eigenvalue weighted by atomic mass is 19.4. The summed E-state index contributed by atoms with van der Waals surface area (Å²) in [6.07, 6.45) is -3.68. The van der Waals surface area contributed by atoms with E-state index in [1.165, 1.54) is 12.1 Å². The fourth-order valence-electron chi connectivity index (χ4n) is 1.94. The molecule has 2 aromatic carbocycles. The molecule has 0 heterocycles. The van der Waals surface area contributed by atoms with E-state index in [9.17, 15) is 18.0 Å². The van der Waals surface area contributed by atoms with Gasteiger partial charge in [0, 0.05) is 11.1 Å². The molecule has 0 atom stereocenters. The standard InChI is InChI=1S/C16H13F3O/c1-2-11-5-3-6-12(9-11)15(20)13-7-4-8-14(10-13)16(17,18)19/h3-10H,2H2,1H3. The third kappa shape index (κ3) is 3.07. The predicted octanol–water partition coefficient (Wildman–Crippen LogP) is 4.50. The third-order valence-corrected chi connectivity index (χ3v) is 3.05. The zero-order chi connectivity index (χ0) is 14.8. The van der Waals surface area contributed by atoms with Gasteiger partial charge in [-0.15, -0.1) is 0 Å². The summed E-state index contributed by atoms with van der Waals surface area (Å²) in [5, 5.41) is 0. The average molecular weight is 278 g/mol. The van der Waals surface area contributed by atoms with Gasteiger partial charge in [-0.05, 0) is 30.2 Å². The number of alkyl halides is 3. The smallest absolute Gasteiger partial charge is 0.289 e. The van der Waals surface area contributed by atoms with E-state index < -0.39 is 17.5 Å². The lowest BCUT2D eigenvalue weighted by atomic mass is 9.99. The van der Waals surface area contributed by atoms with Crippen LogP contribution in [-0.2, 0) is 12.6 Å². The summed E-state index contributed by atoms with van der Waals surface area (Å²) >= 11 is 0. The molecular formula is C16H13F3O. The Hall–Kier alpha value is -2.10. The van der Waals surface area contributed by atoms with Gasteiger partial charge in [0.1, 0.15) is 0 Å². The molecule has 0 bridgehead atoms. The number of hydrogen-bond donors (Lipinski definition) is 0. The lowest BCUT2D eigenvalue weighted by Crippen LogP contribution is -2.08. The summed E-state index contributed by atoms with van der Waals surface area (Å²) < 4.78 is 37.9. The molecule has 2 aromatic rings. The Labute approximate surface area is 115 Å². The first-order valence-electron chi connectivity index (χ1n) is 6.22. The monoisotopic (exact) mass is 278 g/mol. The van der Waals surface area contributed by atoms with Crippen molar-refractivity contribution in [3.8, 4) is 0 Å². The van der Waals surface area contributed by atoms with Gasteiger partial charge in [0.2, 0.25) is 0 Å². The van der Waals surface area contributed by atoms with Crippen molar-refractivity contribution in [1.82, 2.24) is 0 Å². The summed E-state index contributed by atoms with van der Waals surface area (Å²) in [6, 6.07) is 11.4. The summed E-state index contributed by atoms with van der Waals surface area (Å²) in [4.78, 5) is 12.2. The number of carbonyl (C=O) groups excluding carboxylic acids is 1. The van der Waals surface area contributed by atoms with Crippen LogP contribution in [0.5, 0.6) is 0 Å². The second-order valence-corrected chi connectivity index (χ2v) is 4.46. The Kier molecular flexibility index (Phi) is 3.93. The Morgan fingerprint density at radius 3 is 2.20 bits per heavy atom. The largest absolute Gasteiger partial charge is 0.416 e. The van der Waals surface area contributed by atoms with Gasteiger partial charge in [-0.2, -0.15) is 13.2 Å². The second kappa shape index (κ2) is 5.49. The van der Waals surface area contributed by atoms with E-state index in [2.05, 4.69) is 0 Å². The van der Waals surface area contributed by atoms with E-state index >= 15 is 0 Å². The molecule has 0 aromatic heterocycles. The molecule has 0 aliphatic rings. The van der Waals surface area contributed by atoms with Gasteiger partial charge in [-0.25, -0.2) is 0 Å². The quantitative estimate of drug-likeness (QED) is 0.755. The molecule has 0 fully saturated rings. The summed E-state index contributed by atoms with van der Waals surface area (Å²) in [5.74, 6) is -0.397. The van der Waals surface area contributed by atoms with Gasteiger partial charge >= 0.3 is 6.18 Å². The lowest BCUT2D eigenvalue weighted by molar-refractivity contribution is -0.137. The molecule has 4 heteroatoms. The van der Waals surface area contributed by atoms with Crippen molar-refractivity contribution >= 4 is 5.78 Å².